The average molecular weight is 266 g/mol. The molecule has 1 unspecified atom stereocenters. The standard InChI is InChI=1S/C13H15FN2O3/c14-10-2-1-3-11(6-10)16-8-9(4-5-12(17)18)7-15-13(16)19/h1-3,6,9H,4-5,7-8H2,(H,15,19)(H,17,18). The number of anilines is 1. The number of hydrogen-bond donors (Lipinski definition) is 2. The number of urea groups is 1. The Hall–Kier alpha value is -2.11. The molecule has 1 atom stereocenters. The van der Waals surface area contributed by atoms with Crippen LogP contribution in [0.2, 0.25) is 0 Å². The topological polar surface area (TPSA) is 69.6 Å². The molecule has 1 saturated heterocycles. The second kappa shape index (κ2) is 5.69. The molecule has 1 aromatic carbocycles. The van der Waals surface area contributed by atoms with E-state index in [1.54, 1.807) is 12.1 Å². The van der Waals surface area contributed by atoms with Gasteiger partial charge in [0.25, 0.3) is 0 Å². The Morgan fingerprint density at radius 1 is 1.53 bits per heavy atom. The van der Waals surface area contributed by atoms with Gasteiger partial charge in [0, 0.05) is 25.2 Å². The molecule has 1 aliphatic heterocycles. The number of carboxylic acids is 1. The second-order valence-electron chi connectivity index (χ2n) is 4.57. The predicted octanol–water partition coefficient (Wildman–Crippen LogP) is 1.84. The fraction of sp³-hybridized carbons (Fsp3) is 0.385. The predicted molar refractivity (Wildman–Crippen MR) is 67.5 cm³/mol. The zero-order valence-electron chi connectivity index (χ0n) is 10.3. The van der Waals surface area contributed by atoms with Gasteiger partial charge in [-0.05, 0) is 30.5 Å². The van der Waals surface area contributed by atoms with Crippen LogP contribution in [0.15, 0.2) is 24.3 Å². The summed E-state index contributed by atoms with van der Waals surface area (Å²) in [5.74, 6) is -1.20. The lowest BCUT2D eigenvalue weighted by Gasteiger charge is -2.33. The lowest BCUT2D eigenvalue weighted by atomic mass is 10.0. The van der Waals surface area contributed by atoms with E-state index in [0.29, 0.717) is 25.2 Å². The summed E-state index contributed by atoms with van der Waals surface area (Å²) in [6.07, 6.45) is 0.555. The second-order valence-corrected chi connectivity index (χ2v) is 4.57. The van der Waals surface area contributed by atoms with Crippen molar-refractivity contribution in [2.75, 3.05) is 18.0 Å². The van der Waals surface area contributed by atoms with Gasteiger partial charge in [0.1, 0.15) is 5.82 Å². The average Bonchev–Trinajstić information content (AvgIpc) is 2.37. The minimum absolute atomic E-state index is 0.0528. The van der Waals surface area contributed by atoms with E-state index in [2.05, 4.69) is 5.32 Å². The summed E-state index contributed by atoms with van der Waals surface area (Å²) in [5, 5.41) is 11.4. The number of aliphatic carboxylic acids is 1. The van der Waals surface area contributed by atoms with Gasteiger partial charge in [-0.1, -0.05) is 6.07 Å². The fourth-order valence-electron chi connectivity index (χ4n) is 2.12. The Morgan fingerprint density at radius 2 is 2.32 bits per heavy atom. The van der Waals surface area contributed by atoms with Crippen LogP contribution >= 0.6 is 0 Å². The van der Waals surface area contributed by atoms with Crippen molar-refractivity contribution in [3.63, 3.8) is 0 Å². The van der Waals surface area contributed by atoms with E-state index in [9.17, 15) is 14.0 Å². The summed E-state index contributed by atoms with van der Waals surface area (Å²) in [6.45, 7) is 0.862. The normalized spacial score (nSPS) is 19.1. The van der Waals surface area contributed by atoms with Gasteiger partial charge >= 0.3 is 12.0 Å². The smallest absolute Gasteiger partial charge is 0.321 e. The molecule has 6 heteroatoms. The van der Waals surface area contributed by atoms with Crippen LogP contribution in [0.25, 0.3) is 0 Å². The molecule has 0 bridgehead atoms. The van der Waals surface area contributed by atoms with Crippen molar-refractivity contribution in [1.29, 1.82) is 0 Å². The van der Waals surface area contributed by atoms with Gasteiger partial charge < -0.3 is 10.4 Å². The number of carbonyl (C=O) groups is 2. The van der Waals surface area contributed by atoms with Gasteiger partial charge in [0.2, 0.25) is 0 Å². The molecule has 0 radical (unpaired) electrons. The number of carboxylic acid groups (broad SMARTS) is 1. The monoisotopic (exact) mass is 266 g/mol. The number of nitrogens with zero attached hydrogens (tertiary/aromatic N) is 1. The first-order chi connectivity index (χ1) is 9.06. The van der Waals surface area contributed by atoms with Crippen molar-refractivity contribution in [3.8, 4) is 0 Å². The van der Waals surface area contributed by atoms with Crippen LogP contribution in [-0.2, 0) is 4.79 Å². The largest absolute Gasteiger partial charge is 0.481 e. The molecule has 1 fully saturated rings. The van der Waals surface area contributed by atoms with Crippen LogP contribution in [-0.4, -0.2) is 30.2 Å². The first-order valence-electron chi connectivity index (χ1n) is 6.09. The Balaban J connectivity index is 2.06. The molecule has 0 saturated carbocycles. The lowest BCUT2D eigenvalue weighted by Crippen LogP contribution is -2.51. The molecule has 2 amide bonds. The molecule has 0 aromatic heterocycles. The molecule has 2 N–H and O–H groups in total. The third-order valence-electron chi connectivity index (χ3n) is 3.11. The molecule has 1 aliphatic rings. The van der Waals surface area contributed by atoms with E-state index in [-0.39, 0.29) is 18.4 Å². The quantitative estimate of drug-likeness (QED) is 0.873. The maximum Gasteiger partial charge on any atom is 0.321 e. The number of nitrogens with one attached hydrogen (secondary N) is 1. The number of halogens is 1. The van der Waals surface area contributed by atoms with E-state index in [1.807, 2.05) is 0 Å². The van der Waals surface area contributed by atoms with Crippen LogP contribution in [0.3, 0.4) is 0 Å². The minimum Gasteiger partial charge on any atom is -0.481 e. The van der Waals surface area contributed by atoms with Crippen molar-refractivity contribution in [2.45, 2.75) is 12.8 Å². The first-order valence-corrected chi connectivity index (χ1v) is 6.09. The minimum atomic E-state index is -0.853. The van der Waals surface area contributed by atoms with Crippen LogP contribution in [0, 0.1) is 11.7 Å². The van der Waals surface area contributed by atoms with E-state index < -0.39 is 11.8 Å². The highest BCUT2D eigenvalue weighted by Crippen LogP contribution is 2.21. The summed E-state index contributed by atoms with van der Waals surface area (Å²) in [7, 11) is 0. The summed E-state index contributed by atoms with van der Waals surface area (Å²) >= 11 is 0. The van der Waals surface area contributed by atoms with Crippen molar-refractivity contribution in [1.82, 2.24) is 5.32 Å². The third-order valence-corrected chi connectivity index (χ3v) is 3.11. The molecule has 0 aliphatic carbocycles. The molecule has 102 valence electrons. The number of amides is 2. The Kier molecular flexibility index (Phi) is 3.99. The van der Waals surface area contributed by atoms with E-state index in [4.69, 9.17) is 5.11 Å². The highest BCUT2D eigenvalue weighted by Gasteiger charge is 2.26. The molecular formula is C13H15FN2O3. The van der Waals surface area contributed by atoms with E-state index in [0.717, 1.165) is 0 Å². The molecule has 19 heavy (non-hydrogen) atoms. The fourth-order valence-corrected chi connectivity index (χ4v) is 2.12. The van der Waals surface area contributed by atoms with Gasteiger partial charge in [0.05, 0.1) is 0 Å². The third kappa shape index (κ3) is 3.43. The summed E-state index contributed by atoms with van der Waals surface area (Å²) in [6, 6.07) is 5.52. The number of rotatable bonds is 4. The van der Waals surface area contributed by atoms with Gasteiger partial charge in [-0.2, -0.15) is 0 Å². The molecule has 1 aromatic rings. The zero-order valence-corrected chi connectivity index (χ0v) is 10.3. The maximum absolute atomic E-state index is 13.2. The van der Waals surface area contributed by atoms with Gasteiger partial charge in [-0.15, -0.1) is 0 Å². The van der Waals surface area contributed by atoms with Crippen LogP contribution < -0.4 is 10.2 Å². The van der Waals surface area contributed by atoms with Gasteiger partial charge in [-0.3, -0.25) is 9.69 Å². The maximum atomic E-state index is 13.2. The molecule has 5 nitrogen and oxygen atoms in total. The van der Waals surface area contributed by atoms with Crippen LogP contribution in [0.5, 0.6) is 0 Å². The highest BCUT2D eigenvalue weighted by atomic mass is 19.1. The molecule has 1 heterocycles. The SMILES string of the molecule is O=C(O)CCC1CNC(=O)N(c2cccc(F)c2)C1. The summed E-state index contributed by atoms with van der Waals surface area (Å²) in [4.78, 5) is 23.8. The molecule has 0 spiro atoms. The highest BCUT2D eigenvalue weighted by molar-refractivity contribution is 5.92. The Morgan fingerprint density at radius 3 is 3.00 bits per heavy atom. The number of benzene rings is 1. The van der Waals surface area contributed by atoms with Crippen molar-refractivity contribution in [2.24, 2.45) is 5.92 Å². The molecule has 2 rings (SSSR count). The van der Waals surface area contributed by atoms with Crippen molar-refractivity contribution in [3.05, 3.63) is 30.1 Å². The Labute approximate surface area is 110 Å². The van der Waals surface area contributed by atoms with Gasteiger partial charge in [-0.25, -0.2) is 9.18 Å². The van der Waals surface area contributed by atoms with Crippen molar-refractivity contribution >= 4 is 17.7 Å². The first kappa shape index (κ1) is 13.3. The Bertz CT molecular complexity index is 493. The molecular weight excluding hydrogens is 251 g/mol. The summed E-state index contributed by atoms with van der Waals surface area (Å²) in [5.41, 5.74) is 0.484. The zero-order chi connectivity index (χ0) is 13.8. The summed E-state index contributed by atoms with van der Waals surface area (Å²) < 4.78 is 13.2. The lowest BCUT2D eigenvalue weighted by molar-refractivity contribution is -0.137. The number of carbonyl (C=O) groups excluding carboxylic acids is 1. The van der Waals surface area contributed by atoms with Gasteiger partial charge in [0.15, 0.2) is 0 Å². The van der Waals surface area contributed by atoms with Crippen molar-refractivity contribution < 1.29 is 19.1 Å². The van der Waals surface area contributed by atoms with Crippen LogP contribution in [0.4, 0.5) is 14.9 Å². The van der Waals surface area contributed by atoms with E-state index in [1.165, 1.54) is 17.0 Å². The number of hydrogen-bond acceptors (Lipinski definition) is 2. The van der Waals surface area contributed by atoms with E-state index >= 15 is 0 Å². The van der Waals surface area contributed by atoms with Crippen LogP contribution in [0.1, 0.15) is 12.8 Å².